The van der Waals surface area contributed by atoms with Crippen LogP contribution in [0.2, 0.25) is 0 Å². The van der Waals surface area contributed by atoms with Gasteiger partial charge in [0.2, 0.25) is 5.95 Å². The Hall–Kier alpha value is -1.84. The average Bonchev–Trinajstić information content (AvgIpc) is 3.18. The Labute approximate surface area is 160 Å². The van der Waals surface area contributed by atoms with Gasteiger partial charge in [0.15, 0.2) is 0 Å². The fraction of sp³-hybridized carbons (Fsp3) is 0.529. The van der Waals surface area contributed by atoms with Crippen LogP contribution >= 0.6 is 15.9 Å². The first-order valence-corrected chi connectivity index (χ1v) is 9.39. The van der Waals surface area contributed by atoms with Crippen LogP contribution in [0.3, 0.4) is 0 Å². The first kappa shape index (κ1) is 18.9. The molecule has 0 saturated heterocycles. The third-order valence-corrected chi connectivity index (χ3v) is 4.71. The van der Waals surface area contributed by atoms with Gasteiger partial charge in [-0.05, 0) is 41.6 Å². The molecule has 2 aromatic rings. The van der Waals surface area contributed by atoms with Crippen molar-refractivity contribution in [1.29, 1.82) is 0 Å². The van der Waals surface area contributed by atoms with E-state index in [1.165, 1.54) is 0 Å². The first-order valence-electron chi connectivity index (χ1n) is 8.60. The van der Waals surface area contributed by atoms with Crippen LogP contribution in [-0.4, -0.2) is 57.9 Å². The van der Waals surface area contributed by atoms with E-state index in [2.05, 4.69) is 36.2 Å². The van der Waals surface area contributed by atoms with Crippen LogP contribution in [0.5, 0.6) is 0 Å². The molecule has 0 unspecified atom stereocenters. The molecule has 3 rings (SSSR count). The molecule has 9 heteroatoms. The highest BCUT2D eigenvalue weighted by Crippen LogP contribution is 2.21. The lowest BCUT2D eigenvalue weighted by Crippen LogP contribution is -2.39. The Kier molecular flexibility index (Phi) is 6.70. The summed E-state index contributed by atoms with van der Waals surface area (Å²) in [6, 6.07) is 1.75. The van der Waals surface area contributed by atoms with Crippen molar-refractivity contribution in [2.75, 3.05) is 20.3 Å². The zero-order valence-electron chi connectivity index (χ0n) is 14.6. The largest absolute Gasteiger partial charge is 0.382 e. The summed E-state index contributed by atoms with van der Waals surface area (Å²) in [7, 11) is 1.67. The second-order valence-corrected chi connectivity index (χ2v) is 6.97. The number of hydrogen-bond acceptors (Lipinski definition) is 6. The van der Waals surface area contributed by atoms with Crippen LogP contribution in [0.4, 0.5) is 0 Å². The SMILES string of the molecule is COCCOC1CCC(NC(=O)c2cc(Br)nc(-n3ccnc3)n2)CC1. The summed E-state index contributed by atoms with van der Waals surface area (Å²) in [5.41, 5.74) is 0.328. The fourth-order valence-corrected chi connectivity index (χ4v) is 3.32. The fourth-order valence-electron chi connectivity index (χ4n) is 2.95. The highest BCUT2D eigenvalue weighted by molar-refractivity contribution is 9.10. The molecule has 1 amide bonds. The summed E-state index contributed by atoms with van der Waals surface area (Å²) in [5.74, 6) is 0.204. The number of aromatic nitrogens is 4. The second-order valence-electron chi connectivity index (χ2n) is 6.16. The molecule has 1 saturated carbocycles. The van der Waals surface area contributed by atoms with E-state index in [1.807, 2.05) is 0 Å². The summed E-state index contributed by atoms with van der Waals surface area (Å²) in [6.07, 6.45) is 8.86. The summed E-state index contributed by atoms with van der Waals surface area (Å²) < 4.78 is 13.0. The van der Waals surface area contributed by atoms with Gasteiger partial charge in [-0.15, -0.1) is 0 Å². The van der Waals surface area contributed by atoms with Gasteiger partial charge in [0, 0.05) is 31.6 Å². The molecule has 2 aromatic heterocycles. The van der Waals surface area contributed by atoms with E-state index >= 15 is 0 Å². The molecule has 0 atom stereocenters. The van der Waals surface area contributed by atoms with Crippen molar-refractivity contribution in [3.05, 3.63) is 35.1 Å². The number of hydrogen-bond donors (Lipinski definition) is 1. The number of amides is 1. The van der Waals surface area contributed by atoms with Gasteiger partial charge in [-0.25, -0.2) is 15.0 Å². The van der Waals surface area contributed by atoms with E-state index in [-0.39, 0.29) is 18.1 Å². The maximum absolute atomic E-state index is 12.6. The first-order chi connectivity index (χ1) is 12.7. The monoisotopic (exact) mass is 423 g/mol. The van der Waals surface area contributed by atoms with E-state index in [1.54, 1.807) is 36.5 Å². The number of halogens is 1. The van der Waals surface area contributed by atoms with Crippen LogP contribution < -0.4 is 5.32 Å². The zero-order valence-corrected chi connectivity index (χ0v) is 16.2. The average molecular weight is 424 g/mol. The van der Waals surface area contributed by atoms with Gasteiger partial charge in [0.05, 0.1) is 19.3 Å². The van der Waals surface area contributed by atoms with E-state index in [9.17, 15) is 4.79 Å². The number of nitrogens with zero attached hydrogens (tertiary/aromatic N) is 4. The topological polar surface area (TPSA) is 91.2 Å². The Bertz CT molecular complexity index is 717. The Morgan fingerprint density at radius 3 is 2.81 bits per heavy atom. The highest BCUT2D eigenvalue weighted by Gasteiger charge is 2.24. The van der Waals surface area contributed by atoms with Crippen molar-refractivity contribution in [3.63, 3.8) is 0 Å². The molecular weight excluding hydrogens is 402 g/mol. The number of rotatable bonds is 7. The van der Waals surface area contributed by atoms with Gasteiger partial charge >= 0.3 is 0 Å². The lowest BCUT2D eigenvalue weighted by molar-refractivity contribution is -0.00409. The number of carbonyl (C=O) groups is 1. The number of imidazole rings is 1. The Morgan fingerprint density at radius 2 is 2.12 bits per heavy atom. The van der Waals surface area contributed by atoms with Crippen molar-refractivity contribution in [3.8, 4) is 5.95 Å². The molecule has 0 radical (unpaired) electrons. The van der Waals surface area contributed by atoms with Crippen LogP contribution in [-0.2, 0) is 9.47 Å². The normalized spacial score (nSPS) is 20.1. The summed E-state index contributed by atoms with van der Waals surface area (Å²) in [6.45, 7) is 1.22. The van der Waals surface area contributed by atoms with Crippen LogP contribution in [0.1, 0.15) is 36.2 Å². The number of nitrogens with one attached hydrogen (secondary N) is 1. The lowest BCUT2D eigenvalue weighted by Gasteiger charge is -2.29. The van der Waals surface area contributed by atoms with Crippen molar-refractivity contribution in [2.24, 2.45) is 0 Å². The molecule has 0 aromatic carbocycles. The van der Waals surface area contributed by atoms with Crippen LogP contribution in [0, 0.1) is 0 Å². The second kappa shape index (κ2) is 9.20. The molecular formula is C17H22BrN5O3. The van der Waals surface area contributed by atoms with E-state index < -0.39 is 0 Å². The summed E-state index contributed by atoms with van der Waals surface area (Å²) in [4.78, 5) is 25.2. The van der Waals surface area contributed by atoms with Crippen LogP contribution in [0.25, 0.3) is 5.95 Å². The maximum atomic E-state index is 12.6. The highest BCUT2D eigenvalue weighted by atomic mass is 79.9. The predicted molar refractivity (Wildman–Crippen MR) is 98.2 cm³/mol. The molecule has 0 aliphatic heterocycles. The smallest absolute Gasteiger partial charge is 0.270 e. The van der Waals surface area contributed by atoms with Gasteiger partial charge in [-0.1, -0.05) is 0 Å². The van der Waals surface area contributed by atoms with Crippen molar-refractivity contribution < 1.29 is 14.3 Å². The minimum absolute atomic E-state index is 0.134. The predicted octanol–water partition coefficient (Wildman–Crippen LogP) is 2.13. The molecule has 2 heterocycles. The Balaban J connectivity index is 1.56. The molecule has 140 valence electrons. The minimum atomic E-state index is -0.196. The minimum Gasteiger partial charge on any atom is -0.382 e. The zero-order chi connectivity index (χ0) is 18.4. The maximum Gasteiger partial charge on any atom is 0.270 e. The van der Waals surface area contributed by atoms with Crippen LogP contribution in [0.15, 0.2) is 29.4 Å². The number of ether oxygens (including phenoxy) is 2. The molecule has 1 N–H and O–H groups in total. The number of methoxy groups -OCH3 is 1. The van der Waals surface area contributed by atoms with Gasteiger partial charge in [-0.3, -0.25) is 9.36 Å². The van der Waals surface area contributed by atoms with Gasteiger partial charge < -0.3 is 14.8 Å². The summed E-state index contributed by atoms with van der Waals surface area (Å²) >= 11 is 3.34. The van der Waals surface area contributed by atoms with Crippen molar-refractivity contribution in [1.82, 2.24) is 24.8 Å². The van der Waals surface area contributed by atoms with E-state index in [4.69, 9.17) is 9.47 Å². The third-order valence-electron chi connectivity index (χ3n) is 4.30. The van der Waals surface area contributed by atoms with Crippen molar-refractivity contribution >= 4 is 21.8 Å². The Morgan fingerprint density at radius 1 is 1.31 bits per heavy atom. The van der Waals surface area contributed by atoms with E-state index in [0.717, 1.165) is 25.7 Å². The molecule has 8 nitrogen and oxygen atoms in total. The molecule has 0 spiro atoms. The van der Waals surface area contributed by atoms with Gasteiger partial charge in [0.1, 0.15) is 16.6 Å². The lowest BCUT2D eigenvalue weighted by atomic mass is 9.93. The van der Waals surface area contributed by atoms with Crippen molar-refractivity contribution in [2.45, 2.75) is 37.8 Å². The third kappa shape index (κ3) is 5.09. The molecule has 1 aliphatic carbocycles. The molecule has 26 heavy (non-hydrogen) atoms. The molecule has 1 aliphatic rings. The quantitative estimate of drug-likeness (QED) is 0.541. The summed E-state index contributed by atoms with van der Waals surface area (Å²) in [5, 5.41) is 3.07. The van der Waals surface area contributed by atoms with Gasteiger partial charge in [0.25, 0.3) is 5.91 Å². The molecule has 1 fully saturated rings. The van der Waals surface area contributed by atoms with E-state index in [0.29, 0.717) is 29.5 Å². The standard InChI is InChI=1S/C17H22BrN5O3/c1-25-8-9-26-13-4-2-12(3-5-13)20-16(24)14-10-15(18)22-17(21-14)23-7-6-19-11-23/h6-7,10-13H,2-5,8-9H2,1H3,(H,20,24). The number of carbonyl (C=O) groups excluding carboxylic acids is 1. The van der Waals surface area contributed by atoms with Gasteiger partial charge in [-0.2, -0.15) is 0 Å². The molecule has 0 bridgehead atoms.